The van der Waals surface area contributed by atoms with E-state index < -0.39 is 23.8 Å². The maximum Gasteiger partial charge on any atom is 0.407 e. The average molecular weight is 279 g/mol. The first kappa shape index (κ1) is 14.6. The van der Waals surface area contributed by atoms with E-state index in [4.69, 9.17) is 10.5 Å². The Morgan fingerprint density at radius 2 is 2.20 bits per heavy atom. The molecule has 0 bridgehead atoms. The lowest BCUT2D eigenvalue weighted by Gasteiger charge is -2.30. The number of amides is 1. The molecule has 1 amide bonds. The van der Waals surface area contributed by atoms with Crippen molar-refractivity contribution < 1.29 is 14.6 Å². The van der Waals surface area contributed by atoms with Crippen molar-refractivity contribution in [3.63, 3.8) is 0 Å². The molecule has 1 aromatic rings. The molecule has 2 rings (SSSR count). The number of nitrogen functional groups attached to an aromatic ring is 1. The number of rotatable bonds is 1. The zero-order chi connectivity index (χ0) is 14.9. The number of aromatic nitrogens is 1. The Labute approximate surface area is 118 Å². The van der Waals surface area contributed by atoms with Gasteiger partial charge in [-0.1, -0.05) is 0 Å². The molecule has 0 saturated carbocycles. The molecule has 6 heteroatoms. The van der Waals surface area contributed by atoms with Gasteiger partial charge in [-0.3, -0.25) is 4.98 Å². The maximum absolute atomic E-state index is 11.8. The monoisotopic (exact) mass is 279 g/mol. The van der Waals surface area contributed by atoms with Crippen molar-refractivity contribution in [2.45, 2.75) is 51.4 Å². The lowest BCUT2D eigenvalue weighted by Crippen LogP contribution is -2.49. The second-order valence-corrected chi connectivity index (χ2v) is 6.10. The van der Waals surface area contributed by atoms with E-state index in [1.54, 1.807) is 27.0 Å². The van der Waals surface area contributed by atoms with Crippen LogP contribution < -0.4 is 11.1 Å². The first-order chi connectivity index (χ1) is 9.24. The number of anilines is 1. The summed E-state index contributed by atoms with van der Waals surface area (Å²) in [6, 6.07) is 1.42. The molecule has 6 nitrogen and oxygen atoms in total. The molecule has 0 aliphatic heterocycles. The standard InChI is InChI=1S/C14H21N3O3/c1-14(2,3)20-13(19)17-11-6-10-8(5-12(11)18)4-9(15)7-16-10/h4,7,11-12,18H,5-6,15H2,1-3H3,(H,17,19)/t11-,12+/m1/s1. The molecule has 20 heavy (non-hydrogen) atoms. The Hall–Kier alpha value is -1.82. The number of aliphatic hydroxyl groups is 1. The van der Waals surface area contributed by atoms with Gasteiger partial charge in [0.1, 0.15) is 5.60 Å². The van der Waals surface area contributed by atoms with Crippen molar-refractivity contribution in [3.05, 3.63) is 23.5 Å². The molecule has 0 unspecified atom stereocenters. The zero-order valence-electron chi connectivity index (χ0n) is 12.0. The van der Waals surface area contributed by atoms with E-state index in [1.165, 1.54) is 0 Å². The molecule has 0 saturated heterocycles. The van der Waals surface area contributed by atoms with Gasteiger partial charge in [0.2, 0.25) is 0 Å². The van der Waals surface area contributed by atoms with Gasteiger partial charge in [0, 0.05) is 18.5 Å². The van der Waals surface area contributed by atoms with Gasteiger partial charge in [-0.2, -0.15) is 0 Å². The molecule has 0 radical (unpaired) electrons. The molecular formula is C14H21N3O3. The van der Waals surface area contributed by atoms with Crippen molar-refractivity contribution in [1.29, 1.82) is 0 Å². The predicted octanol–water partition coefficient (Wildman–Crippen LogP) is 1.02. The summed E-state index contributed by atoms with van der Waals surface area (Å²) in [4.78, 5) is 16.0. The number of pyridine rings is 1. The second kappa shape index (κ2) is 5.28. The molecule has 1 aliphatic carbocycles. The summed E-state index contributed by atoms with van der Waals surface area (Å²) >= 11 is 0. The summed E-state index contributed by atoms with van der Waals surface area (Å²) in [6.45, 7) is 5.39. The number of nitrogens with zero attached hydrogens (tertiary/aromatic N) is 1. The van der Waals surface area contributed by atoms with Crippen LogP contribution in [-0.4, -0.2) is 33.9 Å². The SMILES string of the molecule is CC(C)(C)OC(=O)N[C@@H]1Cc2ncc(N)cc2C[C@@H]1O. The molecule has 4 N–H and O–H groups in total. The van der Waals surface area contributed by atoms with E-state index >= 15 is 0 Å². The molecule has 2 atom stereocenters. The lowest BCUT2D eigenvalue weighted by atomic mass is 9.89. The molecule has 1 aromatic heterocycles. The molecular weight excluding hydrogens is 258 g/mol. The minimum absolute atomic E-state index is 0.395. The summed E-state index contributed by atoms with van der Waals surface area (Å²) in [7, 11) is 0. The minimum atomic E-state index is -0.668. The summed E-state index contributed by atoms with van der Waals surface area (Å²) in [6.07, 6.45) is 1.28. The van der Waals surface area contributed by atoms with Gasteiger partial charge in [0.25, 0.3) is 0 Å². The van der Waals surface area contributed by atoms with E-state index in [2.05, 4.69) is 10.3 Å². The maximum atomic E-state index is 11.8. The van der Waals surface area contributed by atoms with Crippen molar-refractivity contribution in [1.82, 2.24) is 10.3 Å². The zero-order valence-corrected chi connectivity index (χ0v) is 12.0. The fourth-order valence-electron chi connectivity index (χ4n) is 2.24. The first-order valence-corrected chi connectivity index (χ1v) is 6.65. The second-order valence-electron chi connectivity index (χ2n) is 6.10. The number of nitrogens with two attached hydrogens (primary N) is 1. The van der Waals surface area contributed by atoms with Gasteiger partial charge in [-0.15, -0.1) is 0 Å². The summed E-state index contributed by atoms with van der Waals surface area (Å²) < 4.78 is 5.19. The molecule has 1 aliphatic rings. The molecule has 0 fully saturated rings. The summed E-state index contributed by atoms with van der Waals surface area (Å²) in [5.41, 5.74) is 7.48. The van der Waals surface area contributed by atoms with Crippen molar-refractivity contribution in [3.8, 4) is 0 Å². The van der Waals surface area contributed by atoms with Gasteiger partial charge >= 0.3 is 6.09 Å². The lowest BCUT2D eigenvalue weighted by molar-refractivity contribution is 0.0411. The summed E-state index contributed by atoms with van der Waals surface area (Å²) in [5, 5.41) is 12.8. The van der Waals surface area contributed by atoms with Gasteiger partial charge in [0.15, 0.2) is 0 Å². The number of nitrogens with one attached hydrogen (secondary N) is 1. The number of fused-ring (bicyclic) bond motifs is 1. The van der Waals surface area contributed by atoms with E-state index in [1.807, 2.05) is 6.07 Å². The Morgan fingerprint density at radius 1 is 1.50 bits per heavy atom. The number of ether oxygens (including phenoxy) is 1. The Kier molecular flexibility index (Phi) is 3.85. The number of carbonyl (C=O) groups is 1. The fraction of sp³-hybridized carbons (Fsp3) is 0.571. The van der Waals surface area contributed by atoms with E-state index in [-0.39, 0.29) is 0 Å². The predicted molar refractivity (Wildman–Crippen MR) is 75.2 cm³/mol. The smallest absolute Gasteiger partial charge is 0.407 e. The largest absolute Gasteiger partial charge is 0.444 e. The number of aliphatic hydroxyl groups excluding tert-OH is 1. The number of carbonyl (C=O) groups excluding carboxylic acids is 1. The Balaban J connectivity index is 2.04. The molecule has 0 aromatic carbocycles. The Morgan fingerprint density at radius 3 is 2.85 bits per heavy atom. The van der Waals surface area contributed by atoms with Crippen molar-refractivity contribution in [2.75, 3.05) is 5.73 Å². The normalized spacial score (nSPS) is 22.0. The summed E-state index contributed by atoms with van der Waals surface area (Å²) in [5.74, 6) is 0. The van der Waals surface area contributed by atoms with Gasteiger partial charge in [0.05, 0.1) is 24.0 Å². The highest BCUT2D eigenvalue weighted by molar-refractivity contribution is 5.68. The highest BCUT2D eigenvalue weighted by atomic mass is 16.6. The van der Waals surface area contributed by atoms with Crippen LogP contribution in [-0.2, 0) is 17.6 Å². The van der Waals surface area contributed by atoms with Gasteiger partial charge < -0.3 is 20.9 Å². The highest BCUT2D eigenvalue weighted by Crippen LogP contribution is 2.22. The van der Waals surface area contributed by atoms with Gasteiger partial charge in [-0.25, -0.2) is 4.79 Å². The van der Waals surface area contributed by atoms with Crippen molar-refractivity contribution >= 4 is 11.8 Å². The Bertz CT molecular complexity index is 511. The van der Waals surface area contributed by atoms with Crippen LogP contribution in [0.2, 0.25) is 0 Å². The van der Waals surface area contributed by atoms with Crippen LogP contribution in [0.5, 0.6) is 0 Å². The fourth-order valence-corrected chi connectivity index (χ4v) is 2.24. The third kappa shape index (κ3) is 3.60. The van der Waals surface area contributed by atoms with Crippen LogP contribution >= 0.6 is 0 Å². The number of alkyl carbamates (subject to hydrolysis) is 1. The number of hydrogen-bond acceptors (Lipinski definition) is 5. The molecule has 0 spiro atoms. The van der Waals surface area contributed by atoms with Crippen LogP contribution in [0.25, 0.3) is 0 Å². The topological polar surface area (TPSA) is 97.5 Å². The average Bonchev–Trinajstić information content (AvgIpc) is 2.28. The van der Waals surface area contributed by atoms with Gasteiger partial charge in [-0.05, 0) is 32.4 Å². The van der Waals surface area contributed by atoms with Crippen LogP contribution in [0.4, 0.5) is 10.5 Å². The highest BCUT2D eigenvalue weighted by Gasteiger charge is 2.30. The third-order valence-corrected chi connectivity index (χ3v) is 3.09. The molecule has 110 valence electrons. The van der Waals surface area contributed by atoms with E-state index in [0.717, 1.165) is 11.3 Å². The van der Waals surface area contributed by atoms with Crippen LogP contribution in [0.15, 0.2) is 12.3 Å². The van der Waals surface area contributed by atoms with Crippen LogP contribution in [0.3, 0.4) is 0 Å². The number of hydrogen-bond donors (Lipinski definition) is 3. The third-order valence-electron chi connectivity index (χ3n) is 3.09. The first-order valence-electron chi connectivity index (χ1n) is 6.65. The van der Waals surface area contributed by atoms with Crippen molar-refractivity contribution in [2.24, 2.45) is 0 Å². The quantitative estimate of drug-likeness (QED) is 0.713. The van der Waals surface area contributed by atoms with E-state index in [0.29, 0.717) is 18.5 Å². The minimum Gasteiger partial charge on any atom is -0.444 e. The molecule has 1 heterocycles. The van der Waals surface area contributed by atoms with Crippen LogP contribution in [0.1, 0.15) is 32.0 Å². The van der Waals surface area contributed by atoms with Crippen LogP contribution in [0, 0.1) is 0 Å². The van der Waals surface area contributed by atoms with E-state index in [9.17, 15) is 9.90 Å².